The van der Waals surface area contributed by atoms with E-state index >= 15 is 0 Å². The number of aromatic nitrogens is 1. The first-order chi connectivity index (χ1) is 8.99. The van der Waals surface area contributed by atoms with Crippen LogP contribution in [0.4, 0.5) is 0 Å². The second-order valence-corrected chi connectivity index (χ2v) is 5.22. The van der Waals surface area contributed by atoms with Crippen molar-refractivity contribution in [2.45, 2.75) is 32.7 Å². The zero-order valence-corrected chi connectivity index (χ0v) is 11.9. The second kappa shape index (κ2) is 7.20. The van der Waals surface area contributed by atoms with Crippen molar-refractivity contribution in [3.63, 3.8) is 0 Å². The molecule has 1 amide bonds. The summed E-state index contributed by atoms with van der Waals surface area (Å²) in [6.07, 6.45) is 1.64. The van der Waals surface area contributed by atoms with E-state index in [1.165, 1.54) is 16.7 Å². The van der Waals surface area contributed by atoms with Gasteiger partial charge in [-0.25, -0.2) is 9.78 Å². The minimum Gasteiger partial charge on any atom is -0.476 e. The smallest absolute Gasteiger partial charge is 0.355 e. The highest BCUT2D eigenvalue weighted by Crippen LogP contribution is 2.18. The first-order valence-corrected chi connectivity index (χ1v) is 7.06. The van der Waals surface area contributed by atoms with E-state index < -0.39 is 5.97 Å². The van der Waals surface area contributed by atoms with Crippen LogP contribution in [0.2, 0.25) is 0 Å². The number of carbonyl (C=O) groups is 2. The van der Waals surface area contributed by atoms with Crippen LogP contribution < -0.4 is 11.1 Å². The third-order valence-electron chi connectivity index (χ3n) is 2.76. The largest absolute Gasteiger partial charge is 0.476 e. The molecule has 0 fully saturated rings. The Bertz CT molecular complexity index is 447. The van der Waals surface area contributed by atoms with E-state index in [9.17, 15) is 9.59 Å². The van der Waals surface area contributed by atoms with Gasteiger partial charge in [0.15, 0.2) is 5.69 Å². The van der Waals surface area contributed by atoms with Crippen LogP contribution >= 0.6 is 11.3 Å². The number of aromatic carboxylic acids is 1. The number of carboxylic acids is 1. The Balaban J connectivity index is 2.64. The summed E-state index contributed by atoms with van der Waals surface area (Å²) < 4.78 is 0. The van der Waals surface area contributed by atoms with Crippen molar-refractivity contribution in [3.8, 4) is 0 Å². The number of rotatable bonds is 7. The molecule has 0 saturated heterocycles. The molecule has 0 radical (unpaired) electrons. The van der Waals surface area contributed by atoms with Crippen molar-refractivity contribution < 1.29 is 14.7 Å². The maximum absolute atomic E-state index is 12.0. The Hall–Kier alpha value is -1.47. The molecular formula is C12H19N3O3S. The van der Waals surface area contributed by atoms with Gasteiger partial charge >= 0.3 is 5.97 Å². The molecule has 0 saturated carbocycles. The van der Waals surface area contributed by atoms with Gasteiger partial charge in [0.05, 0.1) is 12.0 Å². The molecule has 0 aliphatic heterocycles. The number of nitrogens with two attached hydrogens (primary N) is 1. The molecule has 6 nitrogen and oxygen atoms in total. The Morgan fingerprint density at radius 1 is 1.58 bits per heavy atom. The van der Waals surface area contributed by atoms with E-state index in [1.807, 2.05) is 6.92 Å². The molecule has 0 spiro atoms. The van der Waals surface area contributed by atoms with Crippen LogP contribution in [-0.4, -0.2) is 28.5 Å². The predicted molar refractivity (Wildman–Crippen MR) is 73.1 cm³/mol. The fourth-order valence-corrected chi connectivity index (χ4v) is 2.48. The molecule has 1 aromatic heterocycles. The van der Waals surface area contributed by atoms with Crippen molar-refractivity contribution >= 4 is 23.2 Å². The van der Waals surface area contributed by atoms with Crippen LogP contribution in [0.1, 0.15) is 48.2 Å². The lowest BCUT2D eigenvalue weighted by Gasteiger charge is -2.17. The summed E-state index contributed by atoms with van der Waals surface area (Å²) in [6.45, 7) is 4.09. The fraction of sp³-hybridized carbons (Fsp3) is 0.583. The number of amides is 1. The van der Waals surface area contributed by atoms with Crippen LogP contribution in [0.5, 0.6) is 0 Å². The number of nitrogens with zero attached hydrogens (tertiary/aromatic N) is 1. The molecule has 1 rings (SSSR count). The van der Waals surface area contributed by atoms with Crippen molar-refractivity contribution in [3.05, 3.63) is 16.1 Å². The lowest BCUT2D eigenvalue weighted by atomic mass is 10.0. The van der Waals surface area contributed by atoms with E-state index in [0.29, 0.717) is 11.6 Å². The maximum Gasteiger partial charge on any atom is 0.355 e. The topological polar surface area (TPSA) is 105 Å². The van der Waals surface area contributed by atoms with Gasteiger partial charge in [0.2, 0.25) is 5.91 Å². The number of hydrogen-bond donors (Lipinski definition) is 3. The highest BCUT2D eigenvalue weighted by molar-refractivity contribution is 7.09. The van der Waals surface area contributed by atoms with Gasteiger partial charge in [0, 0.05) is 11.9 Å². The third kappa shape index (κ3) is 4.29. The lowest BCUT2D eigenvalue weighted by molar-refractivity contribution is -0.125. The summed E-state index contributed by atoms with van der Waals surface area (Å²) in [6, 6.07) is -0.309. The summed E-state index contributed by atoms with van der Waals surface area (Å²) >= 11 is 1.22. The molecule has 7 heteroatoms. The molecular weight excluding hydrogens is 266 g/mol. The Labute approximate surface area is 116 Å². The summed E-state index contributed by atoms with van der Waals surface area (Å²) in [4.78, 5) is 26.7. The van der Waals surface area contributed by atoms with Crippen molar-refractivity contribution in [1.29, 1.82) is 0 Å². The molecule has 0 aliphatic carbocycles. The first kappa shape index (κ1) is 15.6. The normalized spacial score (nSPS) is 13.8. The van der Waals surface area contributed by atoms with Gasteiger partial charge in [-0.15, -0.1) is 11.3 Å². The number of nitrogens with one attached hydrogen (secondary N) is 1. The van der Waals surface area contributed by atoms with Crippen LogP contribution in [0.3, 0.4) is 0 Å². The molecule has 4 N–H and O–H groups in total. The van der Waals surface area contributed by atoms with Gasteiger partial charge < -0.3 is 16.2 Å². The molecule has 0 aliphatic rings. The van der Waals surface area contributed by atoms with Gasteiger partial charge in [-0.3, -0.25) is 4.79 Å². The van der Waals surface area contributed by atoms with Gasteiger partial charge in [0.1, 0.15) is 5.01 Å². The van der Waals surface area contributed by atoms with Crippen LogP contribution in [0.15, 0.2) is 5.38 Å². The summed E-state index contributed by atoms with van der Waals surface area (Å²) in [5, 5.41) is 13.7. The van der Waals surface area contributed by atoms with Gasteiger partial charge in [-0.2, -0.15) is 0 Å². The minimum absolute atomic E-state index is 0.00466. The first-order valence-electron chi connectivity index (χ1n) is 6.18. The Morgan fingerprint density at radius 3 is 2.74 bits per heavy atom. The Morgan fingerprint density at radius 2 is 2.26 bits per heavy atom. The molecule has 0 aromatic carbocycles. The van der Waals surface area contributed by atoms with E-state index in [1.54, 1.807) is 6.92 Å². The highest BCUT2D eigenvalue weighted by atomic mass is 32.1. The molecule has 19 heavy (non-hydrogen) atoms. The molecule has 1 heterocycles. The molecule has 1 aromatic rings. The zero-order valence-electron chi connectivity index (χ0n) is 11.0. The predicted octanol–water partition coefficient (Wildman–Crippen LogP) is 1.39. The van der Waals surface area contributed by atoms with E-state index in [-0.39, 0.29) is 23.6 Å². The van der Waals surface area contributed by atoms with Crippen molar-refractivity contribution in [1.82, 2.24) is 10.3 Å². The molecule has 2 atom stereocenters. The van der Waals surface area contributed by atoms with Gasteiger partial charge in [-0.05, 0) is 13.3 Å². The minimum atomic E-state index is -1.06. The van der Waals surface area contributed by atoms with Crippen molar-refractivity contribution in [2.75, 3.05) is 6.54 Å². The van der Waals surface area contributed by atoms with Gasteiger partial charge in [-0.1, -0.05) is 13.3 Å². The standard InChI is InChI=1S/C12H19N3O3S/c1-3-4-8(5-13)10(16)14-7(2)11-15-9(6-19-11)12(17)18/h6-8H,3-5,13H2,1-2H3,(H,14,16)(H,17,18). The SMILES string of the molecule is CCCC(CN)C(=O)NC(C)c1nc(C(=O)O)cs1. The van der Waals surface area contributed by atoms with E-state index in [4.69, 9.17) is 10.8 Å². The number of carbonyl (C=O) groups excluding carboxylic acids is 1. The number of thiazole rings is 1. The fourth-order valence-electron chi connectivity index (χ4n) is 1.68. The Kier molecular flexibility index (Phi) is 5.91. The summed E-state index contributed by atoms with van der Waals surface area (Å²) in [5.41, 5.74) is 5.57. The van der Waals surface area contributed by atoms with Crippen molar-refractivity contribution in [2.24, 2.45) is 11.7 Å². The lowest BCUT2D eigenvalue weighted by Crippen LogP contribution is -2.36. The quantitative estimate of drug-likeness (QED) is 0.702. The van der Waals surface area contributed by atoms with E-state index in [2.05, 4.69) is 10.3 Å². The average molecular weight is 285 g/mol. The monoisotopic (exact) mass is 285 g/mol. The number of carboxylic acid groups (broad SMARTS) is 1. The molecule has 0 bridgehead atoms. The average Bonchev–Trinajstić information content (AvgIpc) is 2.85. The summed E-state index contributed by atoms with van der Waals surface area (Å²) in [5.74, 6) is -1.37. The van der Waals surface area contributed by atoms with Crippen LogP contribution in [-0.2, 0) is 4.79 Å². The van der Waals surface area contributed by atoms with Crippen LogP contribution in [0.25, 0.3) is 0 Å². The maximum atomic E-state index is 12.0. The van der Waals surface area contributed by atoms with Gasteiger partial charge in [0.25, 0.3) is 0 Å². The third-order valence-corrected chi connectivity index (χ3v) is 3.79. The molecule has 2 unspecified atom stereocenters. The zero-order chi connectivity index (χ0) is 14.4. The second-order valence-electron chi connectivity index (χ2n) is 4.33. The van der Waals surface area contributed by atoms with Crippen LogP contribution in [0, 0.1) is 5.92 Å². The summed E-state index contributed by atoms with van der Waals surface area (Å²) in [7, 11) is 0. The molecule has 106 valence electrons. The number of hydrogen-bond acceptors (Lipinski definition) is 5. The highest BCUT2D eigenvalue weighted by Gasteiger charge is 2.20. The van der Waals surface area contributed by atoms with E-state index in [0.717, 1.165) is 12.8 Å².